The first-order chi connectivity index (χ1) is 21.8. The molecule has 6 rings (SSSR count). The van der Waals surface area contributed by atoms with Crippen molar-refractivity contribution in [2.24, 2.45) is 50.7 Å². The molecule has 0 bridgehead atoms. The second-order valence-electron chi connectivity index (χ2n) is 17.4. The lowest BCUT2D eigenvalue weighted by Gasteiger charge is -2.72. The largest absolute Gasteiger partial charge is 0.504 e. The van der Waals surface area contributed by atoms with Crippen molar-refractivity contribution in [1.82, 2.24) is 0 Å². The van der Waals surface area contributed by atoms with E-state index in [1.165, 1.54) is 24.3 Å². The van der Waals surface area contributed by atoms with Gasteiger partial charge in [0.2, 0.25) is 0 Å². The number of aliphatic hydroxyl groups is 2. The Morgan fingerprint density at radius 3 is 2.30 bits per heavy atom. The molecule has 0 spiro atoms. The second-order valence-corrected chi connectivity index (χ2v) is 17.4. The van der Waals surface area contributed by atoms with Gasteiger partial charge >= 0.3 is 11.9 Å². The molecule has 0 heterocycles. The average Bonchev–Trinajstić information content (AvgIpc) is 2.97. The van der Waals surface area contributed by atoms with E-state index in [2.05, 4.69) is 47.6 Å². The fourth-order valence-electron chi connectivity index (χ4n) is 12.2. The molecule has 0 radical (unpaired) electrons. The Labute approximate surface area is 278 Å². The van der Waals surface area contributed by atoms with E-state index in [-0.39, 0.29) is 45.5 Å². The minimum absolute atomic E-state index is 0.000900. The van der Waals surface area contributed by atoms with Crippen molar-refractivity contribution >= 4 is 18.0 Å². The number of phenolic OH excluding ortho intramolecular Hbond substituents is 2. The van der Waals surface area contributed by atoms with Gasteiger partial charge in [0.15, 0.2) is 11.5 Å². The summed E-state index contributed by atoms with van der Waals surface area (Å²) < 4.78 is 6.00. The van der Waals surface area contributed by atoms with Gasteiger partial charge in [0.05, 0.1) is 17.1 Å². The van der Waals surface area contributed by atoms with E-state index in [1.807, 2.05) is 6.92 Å². The van der Waals surface area contributed by atoms with Crippen LogP contribution in [0.5, 0.6) is 11.5 Å². The number of allylic oxidation sites excluding steroid dienone is 1. The molecule has 4 fully saturated rings. The van der Waals surface area contributed by atoms with Gasteiger partial charge in [-0.1, -0.05) is 59.3 Å². The number of fused-ring (bicyclic) bond motifs is 7. The lowest BCUT2D eigenvalue weighted by molar-refractivity contribution is -0.242. The Morgan fingerprint density at radius 2 is 1.64 bits per heavy atom. The summed E-state index contributed by atoms with van der Waals surface area (Å²) >= 11 is 0. The van der Waals surface area contributed by atoms with Crippen LogP contribution in [0, 0.1) is 50.7 Å². The van der Waals surface area contributed by atoms with Crippen LogP contribution in [0.15, 0.2) is 35.9 Å². The Balaban J connectivity index is 1.30. The molecular formula is C39H54O8. The van der Waals surface area contributed by atoms with E-state index in [0.29, 0.717) is 31.2 Å². The number of hydrogen-bond donors (Lipinski definition) is 5. The molecule has 8 heteroatoms. The highest BCUT2D eigenvalue weighted by atomic mass is 16.6. The standard InChI is InChI=1S/C39H54O8/c1-22-14-17-39(33(44)45)19-18-36(5)24(31(39)38(22,7)46)10-12-29-35(4)21-27(42)32(34(2,3)28(35)15-16-37(29,36)6)47-30(43)13-9-23-8-11-25(40)26(41)20-23/h8-11,13,20,22,27-29,31-32,40-42,46H,12,14-19,21H2,1-7H3,(H,44,45)/b13-9+. The molecule has 5 N–H and O–H groups in total. The van der Waals surface area contributed by atoms with Gasteiger partial charge in [0.25, 0.3) is 0 Å². The van der Waals surface area contributed by atoms with Crippen molar-refractivity contribution in [2.75, 3.05) is 0 Å². The summed E-state index contributed by atoms with van der Waals surface area (Å²) in [5, 5.41) is 53.8. The Morgan fingerprint density at radius 1 is 0.936 bits per heavy atom. The van der Waals surface area contributed by atoms with Crippen molar-refractivity contribution < 1.29 is 39.9 Å². The quantitative estimate of drug-likeness (QED) is 0.103. The van der Waals surface area contributed by atoms with Gasteiger partial charge in [-0.15, -0.1) is 0 Å². The van der Waals surface area contributed by atoms with Crippen molar-refractivity contribution in [1.29, 1.82) is 0 Å². The van der Waals surface area contributed by atoms with E-state index in [0.717, 1.165) is 31.3 Å². The van der Waals surface area contributed by atoms with Crippen LogP contribution >= 0.6 is 0 Å². The molecule has 4 saturated carbocycles. The lowest BCUT2D eigenvalue weighted by Crippen LogP contribution is -2.69. The van der Waals surface area contributed by atoms with Crippen LogP contribution in [0.4, 0.5) is 0 Å². The highest BCUT2D eigenvalue weighted by molar-refractivity contribution is 5.87. The number of aliphatic carboxylic acids is 1. The monoisotopic (exact) mass is 650 g/mol. The fourth-order valence-corrected chi connectivity index (χ4v) is 12.2. The fraction of sp³-hybridized carbons (Fsp3) is 0.692. The minimum Gasteiger partial charge on any atom is -0.504 e. The third kappa shape index (κ3) is 4.67. The van der Waals surface area contributed by atoms with Crippen LogP contribution in [-0.4, -0.2) is 55.3 Å². The second kappa shape index (κ2) is 10.8. The first-order valence-corrected chi connectivity index (χ1v) is 17.5. The highest BCUT2D eigenvalue weighted by Crippen LogP contribution is 2.76. The summed E-state index contributed by atoms with van der Waals surface area (Å²) in [6, 6.07) is 4.29. The van der Waals surface area contributed by atoms with Crippen LogP contribution < -0.4 is 0 Å². The number of hydrogen-bond acceptors (Lipinski definition) is 7. The van der Waals surface area contributed by atoms with Gasteiger partial charge in [0, 0.05) is 17.4 Å². The molecule has 11 atom stereocenters. The van der Waals surface area contributed by atoms with Crippen molar-refractivity contribution in [3.63, 3.8) is 0 Å². The molecule has 0 amide bonds. The number of carbonyl (C=O) groups is 2. The molecule has 258 valence electrons. The van der Waals surface area contributed by atoms with Gasteiger partial charge in [-0.3, -0.25) is 4.79 Å². The minimum atomic E-state index is -1.12. The number of esters is 1. The van der Waals surface area contributed by atoms with E-state index >= 15 is 0 Å². The number of benzene rings is 1. The molecule has 8 nitrogen and oxygen atoms in total. The van der Waals surface area contributed by atoms with Gasteiger partial charge in [-0.05, 0) is 116 Å². The van der Waals surface area contributed by atoms with Gasteiger partial charge < -0.3 is 30.3 Å². The lowest BCUT2D eigenvalue weighted by atomic mass is 9.33. The van der Waals surface area contributed by atoms with Crippen LogP contribution in [0.2, 0.25) is 0 Å². The van der Waals surface area contributed by atoms with Crippen LogP contribution in [-0.2, 0) is 14.3 Å². The smallest absolute Gasteiger partial charge is 0.331 e. The molecule has 5 aliphatic carbocycles. The topological polar surface area (TPSA) is 145 Å². The predicted molar refractivity (Wildman–Crippen MR) is 178 cm³/mol. The Hall–Kier alpha value is -2.84. The summed E-state index contributed by atoms with van der Waals surface area (Å²) in [6.07, 6.45) is 9.21. The van der Waals surface area contributed by atoms with Gasteiger partial charge in [-0.2, -0.15) is 0 Å². The predicted octanol–water partition coefficient (Wildman–Crippen LogP) is 6.85. The van der Waals surface area contributed by atoms with Gasteiger partial charge in [0.1, 0.15) is 6.10 Å². The Bertz CT molecular complexity index is 1520. The SMILES string of the molecule is CC1CCC2(C(=O)O)CCC3(C)C(=CCC4C5(C)CC(O)C(OC(=O)/C=C/c6ccc(O)c(O)c6)C(C)(C)C5CCC43C)C2C1(C)O. The molecule has 5 aliphatic rings. The zero-order valence-corrected chi connectivity index (χ0v) is 29.0. The molecule has 0 aromatic heterocycles. The summed E-state index contributed by atoms with van der Waals surface area (Å²) in [7, 11) is 0. The molecule has 1 aromatic carbocycles. The first-order valence-electron chi connectivity index (χ1n) is 17.5. The van der Waals surface area contributed by atoms with E-state index in [9.17, 15) is 35.1 Å². The maximum absolute atomic E-state index is 13.1. The Kier molecular flexibility index (Phi) is 7.84. The number of aliphatic hydroxyl groups excluding tert-OH is 1. The van der Waals surface area contributed by atoms with Gasteiger partial charge in [-0.25, -0.2) is 4.79 Å². The highest BCUT2D eigenvalue weighted by Gasteiger charge is 2.72. The molecule has 11 unspecified atom stereocenters. The van der Waals surface area contributed by atoms with E-state index < -0.39 is 46.5 Å². The normalized spacial score (nSPS) is 45.5. The maximum Gasteiger partial charge on any atom is 0.331 e. The van der Waals surface area contributed by atoms with Crippen molar-refractivity contribution in [3.05, 3.63) is 41.5 Å². The van der Waals surface area contributed by atoms with E-state index in [1.54, 1.807) is 6.07 Å². The number of rotatable bonds is 4. The number of aromatic hydroxyl groups is 2. The summed E-state index contributed by atoms with van der Waals surface area (Å²) in [4.78, 5) is 26.1. The zero-order chi connectivity index (χ0) is 34.5. The average molecular weight is 651 g/mol. The number of carbonyl (C=O) groups excluding carboxylic acids is 1. The molecular weight excluding hydrogens is 596 g/mol. The van der Waals surface area contributed by atoms with Crippen LogP contribution in [0.1, 0.15) is 105 Å². The maximum atomic E-state index is 13.1. The van der Waals surface area contributed by atoms with E-state index in [4.69, 9.17) is 4.74 Å². The molecule has 0 saturated heterocycles. The van der Waals surface area contributed by atoms with Crippen molar-refractivity contribution in [3.8, 4) is 11.5 Å². The molecule has 1 aromatic rings. The first kappa shape index (κ1) is 34.0. The summed E-state index contributed by atoms with van der Waals surface area (Å²) in [5.41, 5.74) is -1.64. The number of phenols is 2. The van der Waals surface area contributed by atoms with Crippen LogP contribution in [0.25, 0.3) is 6.08 Å². The third-order valence-electron chi connectivity index (χ3n) is 15.0. The summed E-state index contributed by atoms with van der Waals surface area (Å²) in [5.74, 6) is -1.92. The van der Waals surface area contributed by atoms with Crippen molar-refractivity contribution in [2.45, 2.75) is 118 Å². The number of carboxylic acids is 1. The molecule has 0 aliphatic heterocycles. The third-order valence-corrected chi connectivity index (χ3v) is 15.0. The summed E-state index contributed by atoms with van der Waals surface area (Å²) in [6.45, 7) is 15.2. The van der Waals surface area contributed by atoms with Crippen LogP contribution in [0.3, 0.4) is 0 Å². The zero-order valence-electron chi connectivity index (χ0n) is 29.0. The molecule has 47 heavy (non-hydrogen) atoms. The number of ether oxygens (including phenoxy) is 1. The number of carboxylic acid groups (broad SMARTS) is 1.